The normalized spacial score (nSPS) is 17.8. The number of piperazine rings is 1. The second-order valence-corrected chi connectivity index (χ2v) is 5.10. The van der Waals surface area contributed by atoms with Crippen LogP contribution in [0.1, 0.15) is 25.2 Å². The van der Waals surface area contributed by atoms with Gasteiger partial charge in [0.25, 0.3) is 5.89 Å². The molecule has 1 unspecified atom stereocenters. The molecule has 0 radical (unpaired) electrons. The van der Waals surface area contributed by atoms with Crippen molar-refractivity contribution in [1.29, 1.82) is 0 Å². The van der Waals surface area contributed by atoms with Gasteiger partial charge in [-0.3, -0.25) is 9.69 Å². The van der Waals surface area contributed by atoms with Crippen LogP contribution in [-0.2, 0) is 0 Å². The quantitative estimate of drug-likeness (QED) is 0.865. The SMILES string of the molecule is CCC(c1noc(-c2cccc(=O)[nH]2)n1)N1CCNCC1. The van der Waals surface area contributed by atoms with Crippen molar-refractivity contribution >= 4 is 0 Å². The molecular weight excluding hydrogens is 270 g/mol. The third-order valence-corrected chi connectivity index (χ3v) is 3.72. The van der Waals surface area contributed by atoms with E-state index in [0.29, 0.717) is 17.4 Å². The molecule has 2 aromatic rings. The topological polar surface area (TPSA) is 87.0 Å². The van der Waals surface area contributed by atoms with E-state index >= 15 is 0 Å². The highest BCUT2D eigenvalue weighted by molar-refractivity contribution is 5.45. The Morgan fingerprint density at radius 1 is 1.38 bits per heavy atom. The van der Waals surface area contributed by atoms with Gasteiger partial charge >= 0.3 is 0 Å². The molecule has 1 saturated heterocycles. The number of nitrogens with zero attached hydrogens (tertiary/aromatic N) is 3. The lowest BCUT2D eigenvalue weighted by atomic mass is 10.1. The summed E-state index contributed by atoms with van der Waals surface area (Å²) in [6.07, 6.45) is 0.921. The lowest BCUT2D eigenvalue weighted by Gasteiger charge is -2.32. The van der Waals surface area contributed by atoms with Crippen molar-refractivity contribution < 1.29 is 4.52 Å². The van der Waals surface area contributed by atoms with E-state index in [4.69, 9.17) is 4.52 Å². The van der Waals surface area contributed by atoms with Gasteiger partial charge in [0, 0.05) is 32.2 Å². The molecule has 2 aromatic heterocycles. The molecule has 0 saturated carbocycles. The molecule has 1 fully saturated rings. The molecule has 0 aliphatic carbocycles. The molecule has 7 heteroatoms. The third-order valence-electron chi connectivity index (χ3n) is 3.72. The van der Waals surface area contributed by atoms with Crippen molar-refractivity contribution in [3.05, 3.63) is 34.4 Å². The Morgan fingerprint density at radius 3 is 2.90 bits per heavy atom. The van der Waals surface area contributed by atoms with E-state index in [1.807, 2.05) is 0 Å². The minimum Gasteiger partial charge on any atom is -0.332 e. The maximum absolute atomic E-state index is 11.3. The number of aromatic amines is 1. The Balaban J connectivity index is 1.84. The molecule has 2 N–H and O–H groups in total. The van der Waals surface area contributed by atoms with Crippen molar-refractivity contribution in [3.63, 3.8) is 0 Å². The van der Waals surface area contributed by atoms with Gasteiger partial charge in [0.15, 0.2) is 5.82 Å². The van der Waals surface area contributed by atoms with Gasteiger partial charge in [0.1, 0.15) is 5.69 Å². The van der Waals surface area contributed by atoms with Crippen LogP contribution in [0.5, 0.6) is 0 Å². The van der Waals surface area contributed by atoms with Gasteiger partial charge in [-0.1, -0.05) is 18.1 Å². The van der Waals surface area contributed by atoms with Crippen LogP contribution in [0, 0.1) is 0 Å². The van der Waals surface area contributed by atoms with E-state index in [9.17, 15) is 4.79 Å². The number of pyridine rings is 1. The predicted molar refractivity (Wildman–Crippen MR) is 77.8 cm³/mol. The van der Waals surface area contributed by atoms with Crippen LogP contribution in [0.15, 0.2) is 27.5 Å². The maximum Gasteiger partial charge on any atom is 0.274 e. The van der Waals surface area contributed by atoms with Crippen LogP contribution in [0.25, 0.3) is 11.6 Å². The van der Waals surface area contributed by atoms with Crippen LogP contribution in [0.3, 0.4) is 0 Å². The van der Waals surface area contributed by atoms with Crippen molar-refractivity contribution in [1.82, 2.24) is 25.3 Å². The Bertz CT molecular complexity index is 645. The fraction of sp³-hybridized carbons (Fsp3) is 0.500. The number of nitrogens with one attached hydrogen (secondary N) is 2. The van der Waals surface area contributed by atoms with E-state index in [1.54, 1.807) is 12.1 Å². The molecule has 1 atom stereocenters. The van der Waals surface area contributed by atoms with Gasteiger partial charge in [-0.15, -0.1) is 0 Å². The largest absolute Gasteiger partial charge is 0.332 e. The zero-order chi connectivity index (χ0) is 14.7. The zero-order valence-corrected chi connectivity index (χ0v) is 12.0. The predicted octanol–water partition coefficient (Wildman–Crippen LogP) is 0.781. The first kappa shape index (κ1) is 14.0. The van der Waals surface area contributed by atoms with Crippen LogP contribution < -0.4 is 10.9 Å². The molecule has 0 amide bonds. The fourth-order valence-corrected chi connectivity index (χ4v) is 2.65. The van der Waals surface area contributed by atoms with E-state index in [2.05, 4.69) is 32.3 Å². The summed E-state index contributed by atoms with van der Waals surface area (Å²) in [5.74, 6) is 1.04. The average Bonchev–Trinajstić information content (AvgIpc) is 2.99. The summed E-state index contributed by atoms with van der Waals surface area (Å²) < 4.78 is 5.31. The van der Waals surface area contributed by atoms with Gasteiger partial charge in [-0.2, -0.15) is 4.98 Å². The van der Waals surface area contributed by atoms with Crippen molar-refractivity contribution in [3.8, 4) is 11.6 Å². The first-order valence-corrected chi connectivity index (χ1v) is 7.26. The van der Waals surface area contributed by atoms with Crippen molar-refractivity contribution in [2.75, 3.05) is 26.2 Å². The summed E-state index contributed by atoms with van der Waals surface area (Å²) in [4.78, 5) is 20.9. The molecule has 1 aliphatic rings. The van der Waals surface area contributed by atoms with E-state index < -0.39 is 0 Å². The number of H-pyrrole nitrogens is 1. The van der Waals surface area contributed by atoms with Crippen molar-refractivity contribution in [2.24, 2.45) is 0 Å². The smallest absolute Gasteiger partial charge is 0.274 e. The van der Waals surface area contributed by atoms with Gasteiger partial charge in [0.2, 0.25) is 5.56 Å². The molecule has 21 heavy (non-hydrogen) atoms. The van der Waals surface area contributed by atoms with Crippen LogP contribution in [0.2, 0.25) is 0 Å². The standard InChI is InChI=1S/C14H19N5O2/c1-2-11(19-8-6-15-7-9-19)13-17-14(21-18-13)10-4-3-5-12(20)16-10/h3-5,11,15H,2,6-9H2,1H3,(H,16,20). The highest BCUT2D eigenvalue weighted by Gasteiger charge is 2.25. The molecule has 1 aliphatic heterocycles. The van der Waals surface area contributed by atoms with Crippen LogP contribution in [-0.4, -0.2) is 46.2 Å². The number of hydrogen-bond acceptors (Lipinski definition) is 6. The van der Waals surface area contributed by atoms with E-state index in [-0.39, 0.29) is 11.6 Å². The second-order valence-electron chi connectivity index (χ2n) is 5.10. The Hall–Kier alpha value is -1.99. The van der Waals surface area contributed by atoms with Crippen LogP contribution >= 0.6 is 0 Å². The first-order valence-electron chi connectivity index (χ1n) is 7.26. The van der Waals surface area contributed by atoms with Crippen LogP contribution in [0.4, 0.5) is 0 Å². The van der Waals surface area contributed by atoms with E-state index in [0.717, 1.165) is 32.6 Å². The average molecular weight is 289 g/mol. The highest BCUT2D eigenvalue weighted by Crippen LogP contribution is 2.24. The summed E-state index contributed by atoms with van der Waals surface area (Å²) in [6.45, 7) is 6.03. The van der Waals surface area contributed by atoms with Gasteiger partial charge < -0.3 is 14.8 Å². The van der Waals surface area contributed by atoms with Gasteiger partial charge in [-0.05, 0) is 12.5 Å². The third kappa shape index (κ3) is 3.03. The summed E-state index contributed by atoms with van der Waals surface area (Å²) in [5.41, 5.74) is 0.373. The Morgan fingerprint density at radius 2 is 2.19 bits per heavy atom. The molecular formula is C14H19N5O2. The molecule has 0 aromatic carbocycles. The maximum atomic E-state index is 11.3. The fourth-order valence-electron chi connectivity index (χ4n) is 2.65. The molecule has 0 bridgehead atoms. The summed E-state index contributed by atoms with van der Waals surface area (Å²) in [6, 6.07) is 5.03. The molecule has 112 valence electrons. The monoisotopic (exact) mass is 289 g/mol. The van der Waals surface area contributed by atoms with Gasteiger partial charge in [-0.25, -0.2) is 0 Å². The molecule has 3 heterocycles. The summed E-state index contributed by atoms with van der Waals surface area (Å²) in [7, 11) is 0. The lowest BCUT2D eigenvalue weighted by molar-refractivity contribution is 0.160. The zero-order valence-electron chi connectivity index (χ0n) is 12.0. The number of aromatic nitrogens is 3. The number of rotatable bonds is 4. The molecule has 7 nitrogen and oxygen atoms in total. The molecule has 0 spiro atoms. The number of hydrogen-bond donors (Lipinski definition) is 2. The summed E-state index contributed by atoms with van der Waals surface area (Å²) in [5, 5.41) is 7.44. The Kier molecular flexibility index (Phi) is 4.12. The molecule has 3 rings (SSSR count). The summed E-state index contributed by atoms with van der Waals surface area (Å²) >= 11 is 0. The minimum atomic E-state index is -0.179. The minimum absolute atomic E-state index is 0.153. The highest BCUT2D eigenvalue weighted by atomic mass is 16.5. The lowest BCUT2D eigenvalue weighted by Crippen LogP contribution is -2.45. The Labute approximate surface area is 122 Å². The van der Waals surface area contributed by atoms with E-state index in [1.165, 1.54) is 6.07 Å². The van der Waals surface area contributed by atoms with Gasteiger partial charge in [0.05, 0.1) is 6.04 Å². The second kappa shape index (κ2) is 6.19. The first-order chi connectivity index (χ1) is 10.3. The van der Waals surface area contributed by atoms with Crippen molar-refractivity contribution in [2.45, 2.75) is 19.4 Å².